The molecule has 0 aliphatic rings. The van der Waals surface area contributed by atoms with Gasteiger partial charge in [-0.15, -0.1) is 0 Å². The zero-order valence-electron chi connectivity index (χ0n) is 7.66. The van der Waals surface area contributed by atoms with Crippen molar-refractivity contribution in [3.05, 3.63) is 40.5 Å². The fourth-order valence-corrected chi connectivity index (χ4v) is 1.63. The molecule has 0 saturated heterocycles. The van der Waals surface area contributed by atoms with E-state index in [9.17, 15) is 0 Å². The van der Waals surface area contributed by atoms with Crippen molar-refractivity contribution < 1.29 is 0 Å². The molecule has 0 amide bonds. The zero-order chi connectivity index (χ0) is 10.7. The lowest BCUT2D eigenvalue weighted by Gasteiger charge is -2.05. The van der Waals surface area contributed by atoms with Gasteiger partial charge >= 0.3 is 0 Å². The van der Waals surface area contributed by atoms with E-state index in [1.165, 1.54) is 0 Å². The van der Waals surface area contributed by atoms with Crippen molar-refractivity contribution in [3.8, 4) is 6.07 Å². The molecule has 2 N–H and O–H groups in total. The Hall–Kier alpha value is -1.80. The van der Waals surface area contributed by atoms with Gasteiger partial charge in [-0.3, -0.25) is 5.10 Å². The Bertz CT molecular complexity index is 499. The second-order valence-corrected chi connectivity index (χ2v) is 3.76. The molecular weight excluding hydrogens is 256 g/mol. The second-order valence-electron chi connectivity index (χ2n) is 2.90. The van der Waals surface area contributed by atoms with Gasteiger partial charge < -0.3 is 5.32 Å². The number of H-pyrrole nitrogens is 1. The van der Waals surface area contributed by atoms with Gasteiger partial charge in [0.15, 0.2) is 0 Å². The van der Waals surface area contributed by atoms with Gasteiger partial charge in [-0.2, -0.15) is 10.4 Å². The van der Waals surface area contributed by atoms with Crippen molar-refractivity contribution in [2.75, 3.05) is 5.32 Å². The molecule has 1 heterocycles. The number of rotatable bonds is 2. The van der Waals surface area contributed by atoms with Gasteiger partial charge in [0.1, 0.15) is 5.82 Å². The summed E-state index contributed by atoms with van der Waals surface area (Å²) in [6, 6.07) is 9.25. The molecule has 0 spiro atoms. The standard InChI is InChI=1S/C10H7BrN4/c11-8-5-7(6-12)1-2-9(8)14-10-3-4-13-15-10/h1-5H,(H2,13,14,15). The summed E-state index contributed by atoms with van der Waals surface area (Å²) >= 11 is 3.39. The Kier molecular flexibility index (Phi) is 2.70. The number of nitrogens with zero attached hydrogens (tertiary/aromatic N) is 2. The molecule has 0 atom stereocenters. The molecule has 0 unspecified atom stereocenters. The van der Waals surface area contributed by atoms with Gasteiger partial charge in [-0.25, -0.2) is 0 Å². The number of hydrogen-bond acceptors (Lipinski definition) is 3. The van der Waals surface area contributed by atoms with Gasteiger partial charge in [0.25, 0.3) is 0 Å². The molecule has 0 bridgehead atoms. The minimum absolute atomic E-state index is 0.622. The summed E-state index contributed by atoms with van der Waals surface area (Å²) < 4.78 is 0.844. The largest absolute Gasteiger partial charge is 0.340 e. The molecule has 4 nitrogen and oxygen atoms in total. The van der Waals surface area contributed by atoms with Crippen LogP contribution in [0.1, 0.15) is 5.56 Å². The van der Waals surface area contributed by atoms with Crippen molar-refractivity contribution in [1.82, 2.24) is 10.2 Å². The van der Waals surface area contributed by atoms with Gasteiger partial charge in [-0.1, -0.05) is 0 Å². The van der Waals surface area contributed by atoms with Crippen LogP contribution in [0.2, 0.25) is 0 Å². The molecule has 1 aromatic carbocycles. The highest BCUT2D eigenvalue weighted by molar-refractivity contribution is 9.10. The average molecular weight is 263 g/mol. The van der Waals surface area contributed by atoms with E-state index in [0.29, 0.717) is 5.56 Å². The first-order valence-electron chi connectivity index (χ1n) is 4.25. The molecule has 1 aromatic heterocycles. The minimum Gasteiger partial charge on any atom is -0.340 e. The lowest BCUT2D eigenvalue weighted by atomic mass is 10.2. The lowest BCUT2D eigenvalue weighted by molar-refractivity contribution is 1.09. The van der Waals surface area contributed by atoms with Crippen molar-refractivity contribution >= 4 is 27.4 Å². The third-order valence-electron chi connectivity index (χ3n) is 1.87. The van der Waals surface area contributed by atoms with E-state index in [1.54, 1.807) is 18.3 Å². The summed E-state index contributed by atoms with van der Waals surface area (Å²) in [7, 11) is 0. The smallest absolute Gasteiger partial charge is 0.125 e. The topological polar surface area (TPSA) is 64.5 Å². The minimum atomic E-state index is 0.622. The molecule has 74 valence electrons. The van der Waals surface area contributed by atoms with E-state index in [-0.39, 0.29) is 0 Å². The number of nitrogens with one attached hydrogen (secondary N) is 2. The van der Waals surface area contributed by atoms with Gasteiger partial charge in [-0.05, 0) is 34.1 Å². The van der Waals surface area contributed by atoms with E-state index >= 15 is 0 Å². The highest BCUT2D eigenvalue weighted by Gasteiger charge is 2.01. The molecule has 0 fully saturated rings. The third-order valence-corrected chi connectivity index (χ3v) is 2.52. The SMILES string of the molecule is N#Cc1ccc(Nc2ccn[nH]2)c(Br)c1. The molecule has 0 saturated carbocycles. The summed E-state index contributed by atoms with van der Waals surface area (Å²) in [5, 5.41) is 18.5. The van der Waals surface area contributed by atoms with Crippen molar-refractivity contribution in [3.63, 3.8) is 0 Å². The third kappa shape index (κ3) is 2.17. The van der Waals surface area contributed by atoms with Crippen LogP contribution in [0.3, 0.4) is 0 Å². The van der Waals surface area contributed by atoms with Gasteiger partial charge in [0, 0.05) is 10.5 Å². The summed E-state index contributed by atoms with van der Waals surface area (Å²) in [5.74, 6) is 0.806. The summed E-state index contributed by atoms with van der Waals surface area (Å²) in [6.07, 6.45) is 1.67. The molecule has 0 aliphatic carbocycles. The lowest BCUT2D eigenvalue weighted by Crippen LogP contribution is -1.92. The first-order valence-corrected chi connectivity index (χ1v) is 5.05. The van der Waals surface area contributed by atoms with E-state index < -0.39 is 0 Å². The normalized spacial score (nSPS) is 9.60. The molecule has 0 radical (unpaired) electrons. The number of nitriles is 1. The van der Waals surface area contributed by atoms with E-state index in [2.05, 4.69) is 37.5 Å². The molecule has 15 heavy (non-hydrogen) atoms. The first-order chi connectivity index (χ1) is 7.29. The highest BCUT2D eigenvalue weighted by atomic mass is 79.9. The average Bonchev–Trinajstić information content (AvgIpc) is 2.74. The number of anilines is 2. The maximum atomic E-state index is 8.70. The number of benzene rings is 1. The summed E-state index contributed by atoms with van der Waals surface area (Å²) in [6.45, 7) is 0. The van der Waals surface area contributed by atoms with Gasteiger partial charge in [0.05, 0.1) is 23.5 Å². The Morgan fingerprint density at radius 1 is 1.40 bits per heavy atom. The van der Waals surface area contributed by atoms with Crippen LogP contribution >= 0.6 is 15.9 Å². The van der Waals surface area contributed by atoms with Crippen LogP contribution in [-0.4, -0.2) is 10.2 Å². The fraction of sp³-hybridized carbons (Fsp3) is 0. The summed E-state index contributed by atoms with van der Waals surface area (Å²) in [5.41, 5.74) is 1.51. The van der Waals surface area contributed by atoms with Crippen molar-refractivity contribution in [1.29, 1.82) is 5.26 Å². The molecule has 2 rings (SSSR count). The molecule has 2 aromatic rings. The second kappa shape index (κ2) is 4.15. The number of hydrogen-bond donors (Lipinski definition) is 2. The monoisotopic (exact) mass is 262 g/mol. The first kappa shape index (κ1) is 9.74. The molecule has 0 aliphatic heterocycles. The number of aromatic amines is 1. The van der Waals surface area contributed by atoms with Crippen molar-refractivity contribution in [2.24, 2.45) is 0 Å². The van der Waals surface area contributed by atoms with Crippen LogP contribution in [-0.2, 0) is 0 Å². The molecule has 5 heteroatoms. The van der Waals surface area contributed by atoms with E-state index in [0.717, 1.165) is 16.0 Å². The van der Waals surface area contributed by atoms with E-state index in [4.69, 9.17) is 5.26 Å². The molecular formula is C10H7BrN4. The number of aromatic nitrogens is 2. The zero-order valence-corrected chi connectivity index (χ0v) is 9.25. The predicted molar refractivity (Wildman–Crippen MR) is 60.7 cm³/mol. The van der Waals surface area contributed by atoms with E-state index in [1.807, 2.05) is 12.1 Å². The van der Waals surface area contributed by atoms with Crippen LogP contribution < -0.4 is 5.32 Å². The van der Waals surface area contributed by atoms with Gasteiger partial charge in [0.2, 0.25) is 0 Å². The Morgan fingerprint density at radius 2 is 2.27 bits per heavy atom. The Morgan fingerprint density at radius 3 is 2.87 bits per heavy atom. The quantitative estimate of drug-likeness (QED) is 0.875. The van der Waals surface area contributed by atoms with Crippen LogP contribution in [0, 0.1) is 11.3 Å². The van der Waals surface area contributed by atoms with Crippen LogP contribution in [0.25, 0.3) is 0 Å². The Labute approximate surface area is 95.1 Å². The predicted octanol–water partition coefficient (Wildman–Crippen LogP) is 2.79. The fourth-order valence-electron chi connectivity index (χ4n) is 1.16. The maximum Gasteiger partial charge on any atom is 0.125 e. The number of halogens is 1. The Balaban J connectivity index is 2.27. The van der Waals surface area contributed by atoms with Crippen LogP contribution in [0.5, 0.6) is 0 Å². The maximum absolute atomic E-state index is 8.70. The van der Waals surface area contributed by atoms with Crippen molar-refractivity contribution in [2.45, 2.75) is 0 Å². The summed E-state index contributed by atoms with van der Waals surface area (Å²) in [4.78, 5) is 0. The highest BCUT2D eigenvalue weighted by Crippen LogP contribution is 2.25. The van der Waals surface area contributed by atoms with Crippen LogP contribution in [0.15, 0.2) is 34.9 Å². The van der Waals surface area contributed by atoms with Crippen LogP contribution in [0.4, 0.5) is 11.5 Å².